The van der Waals surface area contributed by atoms with E-state index in [0.29, 0.717) is 18.0 Å². The first-order chi connectivity index (χ1) is 11.2. The van der Waals surface area contributed by atoms with Gasteiger partial charge in [-0.3, -0.25) is 4.90 Å². The van der Waals surface area contributed by atoms with Crippen LogP contribution in [0.2, 0.25) is 0 Å². The third-order valence-corrected chi connectivity index (χ3v) is 4.09. The van der Waals surface area contributed by atoms with Gasteiger partial charge in [-0.2, -0.15) is 0 Å². The van der Waals surface area contributed by atoms with Crippen LogP contribution in [0, 0.1) is 0 Å². The summed E-state index contributed by atoms with van der Waals surface area (Å²) >= 11 is 0. The quantitative estimate of drug-likeness (QED) is 0.870. The van der Waals surface area contributed by atoms with Gasteiger partial charge in [0.15, 0.2) is 11.5 Å². The number of ether oxygens (including phenoxy) is 2. The van der Waals surface area contributed by atoms with Crippen LogP contribution >= 0.6 is 0 Å². The molecule has 23 heavy (non-hydrogen) atoms. The Hall–Kier alpha value is -1.95. The molecule has 1 aliphatic heterocycles. The Morgan fingerprint density at radius 3 is 2.43 bits per heavy atom. The van der Waals surface area contributed by atoms with Gasteiger partial charge in [-0.1, -0.05) is 13.0 Å². The van der Waals surface area contributed by atoms with Crippen LogP contribution in [-0.2, 0) is 6.54 Å². The zero-order valence-electron chi connectivity index (χ0n) is 14.3. The minimum Gasteiger partial charge on any atom is -0.493 e. The molecule has 1 heterocycles. The Morgan fingerprint density at radius 2 is 1.83 bits per heavy atom. The summed E-state index contributed by atoms with van der Waals surface area (Å²) in [5.41, 5.74) is 0.987. The maximum absolute atomic E-state index is 12.3. The zero-order chi connectivity index (χ0) is 16.7. The van der Waals surface area contributed by atoms with Crippen LogP contribution in [0.25, 0.3) is 0 Å². The van der Waals surface area contributed by atoms with Crippen LogP contribution in [0.1, 0.15) is 18.9 Å². The molecule has 6 nitrogen and oxygen atoms in total. The first-order valence-electron chi connectivity index (χ1n) is 8.14. The molecule has 2 rings (SSSR count). The second-order valence-corrected chi connectivity index (χ2v) is 5.68. The van der Waals surface area contributed by atoms with E-state index in [4.69, 9.17) is 9.47 Å². The van der Waals surface area contributed by atoms with Crippen molar-refractivity contribution in [3.05, 3.63) is 23.8 Å². The van der Waals surface area contributed by atoms with Gasteiger partial charge in [-0.25, -0.2) is 4.79 Å². The van der Waals surface area contributed by atoms with Crippen LogP contribution in [0.4, 0.5) is 4.79 Å². The maximum atomic E-state index is 12.3. The maximum Gasteiger partial charge on any atom is 0.317 e. The fourth-order valence-electron chi connectivity index (χ4n) is 2.77. The van der Waals surface area contributed by atoms with Crippen LogP contribution in [0.15, 0.2) is 18.2 Å². The third-order valence-electron chi connectivity index (χ3n) is 4.09. The number of hydrogen-bond donors (Lipinski definition) is 1. The number of urea groups is 1. The SMILES string of the molecule is CCCN1CCN(C(=O)NCc2ccc(OC)c(OC)c2)CC1. The highest BCUT2D eigenvalue weighted by Gasteiger charge is 2.20. The normalized spacial score (nSPS) is 15.3. The number of piperazine rings is 1. The van der Waals surface area contributed by atoms with Crippen molar-refractivity contribution in [2.45, 2.75) is 19.9 Å². The van der Waals surface area contributed by atoms with Gasteiger partial charge in [-0.05, 0) is 30.7 Å². The smallest absolute Gasteiger partial charge is 0.317 e. The molecule has 6 heteroatoms. The van der Waals surface area contributed by atoms with Crippen molar-refractivity contribution in [1.29, 1.82) is 0 Å². The van der Waals surface area contributed by atoms with Gasteiger partial charge in [0.1, 0.15) is 0 Å². The van der Waals surface area contributed by atoms with Gasteiger partial charge < -0.3 is 19.7 Å². The van der Waals surface area contributed by atoms with Crippen molar-refractivity contribution in [3.63, 3.8) is 0 Å². The molecule has 0 aromatic heterocycles. The van der Waals surface area contributed by atoms with E-state index in [1.54, 1.807) is 14.2 Å². The van der Waals surface area contributed by atoms with E-state index in [1.165, 1.54) is 0 Å². The third kappa shape index (κ3) is 4.76. The lowest BCUT2D eigenvalue weighted by Gasteiger charge is -2.34. The molecule has 0 aliphatic carbocycles. The summed E-state index contributed by atoms with van der Waals surface area (Å²) < 4.78 is 10.5. The molecule has 1 saturated heterocycles. The van der Waals surface area contributed by atoms with Crippen molar-refractivity contribution in [2.24, 2.45) is 0 Å². The summed E-state index contributed by atoms with van der Waals surface area (Å²) in [7, 11) is 3.22. The molecule has 0 radical (unpaired) electrons. The van der Waals surface area contributed by atoms with Crippen molar-refractivity contribution in [2.75, 3.05) is 46.9 Å². The number of methoxy groups -OCH3 is 2. The fourth-order valence-corrected chi connectivity index (χ4v) is 2.77. The molecule has 2 amide bonds. The molecule has 0 saturated carbocycles. The van der Waals surface area contributed by atoms with E-state index in [0.717, 1.165) is 44.7 Å². The Labute approximate surface area is 138 Å². The summed E-state index contributed by atoms with van der Waals surface area (Å²) in [6, 6.07) is 5.67. The number of carbonyl (C=O) groups is 1. The summed E-state index contributed by atoms with van der Waals surface area (Å²) in [5, 5.41) is 2.98. The topological polar surface area (TPSA) is 54.0 Å². The average Bonchev–Trinajstić information content (AvgIpc) is 2.60. The van der Waals surface area contributed by atoms with Gasteiger partial charge in [0, 0.05) is 32.7 Å². The monoisotopic (exact) mass is 321 g/mol. The largest absolute Gasteiger partial charge is 0.493 e. The second kappa shape index (κ2) is 8.62. The van der Waals surface area contributed by atoms with Crippen molar-refractivity contribution in [1.82, 2.24) is 15.1 Å². The average molecular weight is 321 g/mol. The minimum absolute atomic E-state index is 0.00377. The van der Waals surface area contributed by atoms with Gasteiger partial charge in [-0.15, -0.1) is 0 Å². The van der Waals surface area contributed by atoms with E-state index in [1.807, 2.05) is 23.1 Å². The Bertz CT molecular complexity index is 514. The lowest BCUT2D eigenvalue weighted by atomic mass is 10.2. The van der Waals surface area contributed by atoms with E-state index in [9.17, 15) is 4.79 Å². The van der Waals surface area contributed by atoms with Crippen LogP contribution in [0.3, 0.4) is 0 Å². The number of nitrogens with zero attached hydrogens (tertiary/aromatic N) is 2. The van der Waals surface area contributed by atoms with E-state index < -0.39 is 0 Å². The number of benzene rings is 1. The Balaban J connectivity index is 1.83. The number of hydrogen-bond acceptors (Lipinski definition) is 4. The standard InChI is InChI=1S/C17H27N3O3/c1-4-7-19-8-10-20(11-9-19)17(21)18-13-14-5-6-15(22-2)16(12-14)23-3/h5-6,12H,4,7-11,13H2,1-3H3,(H,18,21). The molecule has 1 fully saturated rings. The molecular formula is C17H27N3O3. The molecule has 0 spiro atoms. The molecule has 1 aromatic carbocycles. The summed E-state index contributed by atoms with van der Waals surface area (Å²) in [6.07, 6.45) is 1.16. The van der Waals surface area contributed by atoms with Crippen molar-refractivity contribution < 1.29 is 14.3 Å². The Kier molecular flexibility index (Phi) is 6.52. The molecule has 0 atom stereocenters. The number of nitrogens with one attached hydrogen (secondary N) is 1. The summed E-state index contributed by atoms with van der Waals surface area (Å²) in [4.78, 5) is 16.5. The molecule has 128 valence electrons. The predicted molar refractivity (Wildman–Crippen MR) is 90.1 cm³/mol. The molecule has 1 aliphatic rings. The van der Waals surface area contributed by atoms with Crippen LogP contribution in [0.5, 0.6) is 11.5 Å². The van der Waals surface area contributed by atoms with Crippen LogP contribution < -0.4 is 14.8 Å². The molecule has 0 unspecified atom stereocenters. The molecule has 1 N–H and O–H groups in total. The van der Waals surface area contributed by atoms with Gasteiger partial charge >= 0.3 is 6.03 Å². The van der Waals surface area contributed by atoms with E-state index in [-0.39, 0.29) is 6.03 Å². The molecule has 1 aromatic rings. The fraction of sp³-hybridized carbons (Fsp3) is 0.588. The highest BCUT2D eigenvalue weighted by molar-refractivity contribution is 5.74. The number of carbonyl (C=O) groups excluding carboxylic acids is 1. The second-order valence-electron chi connectivity index (χ2n) is 5.68. The molecular weight excluding hydrogens is 294 g/mol. The number of rotatable bonds is 6. The first kappa shape index (κ1) is 17.4. The first-order valence-corrected chi connectivity index (χ1v) is 8.14. The predicted octanol–water partition coefficient (Wildman–Crippen LogP) is 1.94. The lowest BCUT2D eigenvalue weighted by molar-refractivity contribution is 0.139. The zero-order valence-corrected chi connectivity index (χ0v) is 14.3. The summed E-state index contributed by atoms with van der Waals surface area (Å²) in [6.45, 7) is 7.27. The Morgan fingerprint density at radius 1 is 1.13 bits per heavy atom. The van der Waals surface area contributed by atoms with Crippen molar-refractivity contribution in [3.8, 4) is 11.5 Å². The van der Waals surface area contributed by atoms with Gasteiger partial charge in [0.25, 0.3) is 0 Å². The number of amides is 2. The summed E-state index contributed by atoms with van der Waals surface area (Å²) in [5.74, 6) is 1.36. The minimum atomic E-state index is -0.00377. The van der Waals surface area contributed by atoms with E-state index in [2.05, 4.69) is 17.1 Å². The molecule has 0 bridgehead atoms. The highest BCUT2D eigenvalue weighted by atomic mass is 16.5. The van der Waals surface area contributed by atoms with Gasteiger partial charge in [0.2, 0.25) is 0 Å². The highest BCUT2D eigenvalue weighted by Crippen LogP contribution is 2.27. The lowest BCUT2D eigenvalue weighted by Crippen LogP contribution is -2.51. The van der Waals surface area contributed by atoms with E-state index >= 15 is 0 Å². The van der Waals surface area contributed by atoms with Gasteiger partial charge in [0.05, 0.1) is 14.2 Å². The van der Waals surface area contributed by atoms with Crippen LogP contribution in [-0.4, -0.2) is 62.8 Å². The van der Waals surface area contributed by atoms with Crippen molar-refractivity contribution >= 4 is 6.03 Å².